The number of alkyl halides is 9. The molecule has 284 valence electrons. The fourth-order valence-corrected chi connectivity index (χ4v) is 5.85. The number of aliphatic hydroxyl groups is 2. The first-order valence-corrected chi connectivity index (χ1v) is 16.6. The molecule has 1 aromatic carbocycles. The van der Waals surface area contributed by atoms with Crippen LogP contribution in [0.15, 0.2) is 30.9 Å². The largest absolute Gasteiger partial charge is 0.495 e. The van der Waals surface area contributed by atoms with E-state index in [0.717, 1.165) is 6.08 Å². The maximum Gasteiger partial charge on any atom is 0.495 e. The van der Waals surface area contributed by atoms with Gasteiger partial charge in [-0.05, 0) is 20.8 Å². The molecule has 2 saturated heterocycles. The minimum Gasteiger partial charge on any atom is -0.444 e. The zero-order valence-corrected chi connectivity index (χ0v) is 29.1. The van der Waals surface area contributed by atoms with Crippen molar-refractivity contribution in [1.82, 2.24) is 5.32 Å². The van der Waals surface area contributed by atoms with Crippen molar-refractivity contribution in [2.75, 3.05) is 19.8 Å². The number of benzene rings is 1. The highest BCUT2D eigenvalue weighted by Gasteiger charge is 2.56. The van der Waals surface area contributed by atoms with E-state index < -0.39 is 125 Å². The molecule has 0 spiro atoms. The quantitative estimate of drug-likeness (QED) is 0.129. The van der Waals surface area contributed by atoms with Crippen molar-refractivity contribution >= 4 is 63.9 Å². The van der Waals surface area contributed by atoms with E-state index in [1.165, 1.54) is 0 Å². The molecule has 0 bridgehead atoms. The van der Waals surface area contributed by atoms with E-state index >= 15 is 0 Å². The van der Waals surface area contributed by atoms with Crippen LogP contribution in [0.3, 0.4) is 0 Å². The van der Waals surface area contributed by atoms with Crippen molar-refractivity contribution in [3.8, 4) is 0 Å². The maximum absolute atomic E-state index is 13.9. The molecule has 0 aliphatic carbocycles. The van der Waals surface area contributed by atoms with Crippen LogP contribution in [0.2, 0.25) is 0 Å². The lowest BCUT2D eigenvalue weighted by atomic mass is 9.70. The van der Waals surface area contributed by atoms with Crippen LogP contribution in [0.1, 0.15) is 31.9 Å². The van der Waals surface area contributed by atoms with E-state index in [2.05, 4.69) is 16.1 Å². The summed E-state index contributed by atoms with van der Waals surface area (Å²) in [5.41, 5.74) is -6.02. The smallest absolute Gasteiger partial charge is 0.444 e. The molecule has 2 fully saturated rings. The van der Waals surface area contributed by atoms with Crippen LogP contribution in [-0.2, 0) is 54.6 Å². The highest BCUT2D eigenvalue weighted by molar-refractivity contribution is 7.81. The summed E-state index contributed by atoms with van der Waals surface area (Å²) in [5, 5.41) is 23.8. The van der Waals surface area contributed by atoms with Crippen molar-refractivity contribution < 1.29 is 81.7 Å². The van der Waals surface area contributed by atoms with Crippen LogP contribution in [0, 0.1) is 0 Å². The van der Waals surface area contributed by atoms with Crippen molar-refractivity contribution in [2.24, 2.45) is 0 Å². The molecule has 2 aliphatic rings. The lowest BCUT2D eigenvalue weighted by Gasteiger charge is -2.47. The number of alkyl carbamates (subject to hydrolysis) is 1. The number of fused-ring (bicyclic) bond motifs is 1. The van der Waals surface area contributed by atoms with Crippen LogP contribution < -0.4 is 10.8 Å². The molecule has 3 N–H and O–H groups in total. The molecule has 1 aromatic rings. The average Bonchev–Trinajstić information content (AvgIpc) is 2.97. The number of ether oxygens (including phenoxy) is 3. The zero-order valence-electron chi connectivity index (χ0n) is 26.0. The summed E-state index contributed by atoms with van der Waals surface area (Å²) < 4.78 is 143. The van der Waals surface area contributed by atoms with E-state index in [4.69, 9.17) is 62.5 Å². The first-order valence-electron chi connectivity index (χ1n) is 14.2. The van der Waals surface area contributed by atoms with Gasteiger partial charge in [-0.15, -0.1) is 6.58 Å². The van der Waals surface area contributed by atoms with Gasteiger partial charge in [0, 0.05) is 5.46 Å². The molecule has 0 saturated carbocycles. The lowest BCUT2D eigenvalue weighted by Crippen LogP contribution is -2.67. The summed E-state index contributed by atoms with van der Waals surface area (Å²) in [6.07, 6.45) is -22.2. The number of rotatable bonds is 11. The number of hydrogen-bond donors (Lipinski definition) is 3. The van der Waals surface area contributed by atoms with Crippen LogP contribution >= 0.6 is 34.8 Å². The third-order valence-electron chi connectivity index (χ3n) is 6.65. The molecular weight excluding hydrogens is 782 g/mol. The summed E-state index contributed by atoms with van der Waals surface area (Å²) >= 11 is 16.6. The highest BCUT2D eigenvalue weighted by atomic mass is 35.6. The van der Waals surface area contributed by atoms with E-state index in [-0.39, 0.29) is 0 Å². The molecule has 0 aromatic heterocycles. The number of halogens is 9. The molecule has 13 nitrogen and oxygen atoms in total. The summed E-state index contributed by atoms with van der Waals surface area (Å²) in [6, 6.07) is -0.108. The Morgan fingerprint density at radius 2 is 1.72 bits per heavy atom. The lowest BCUT2D eigenvalue weighted by molar-refractivity contribution is -0.302. The number of nitrogens with one attached hydrogen (secondary N) is 1. The number of hydrogen-bond acceptors (Lipinski definition) is 12. The van der Waals surface area contributed by atoms with Gasteiger partial charge in [-0.25, -0.2) is 13.2 Å². The van der Waals surface area contributed by atoms with Gasteiger partial charge in [0.05, 0.1) is 36.5 Å². The monoisotopic (exact) mass is 811 g/mol. The summed E-state index contributed by atoms with van der Waals surface area (Å²) in [5.74, 6) is 0. The molecule has 24 heteroatoms. The standard InChI is InChI=1S/C26H31BCl3F6NO12S/c1-5-15(38)14(37-22(40)47-23(2,3)4)9-43-21-18(39)20(49-50(41,42)45-11-24(28,29)30)19-16(46-21)10-44-27(48-19)17-12(25(31,32)33)7-6-8-13(17)26(34,35)36/h5-8,14-16,18-21,38-39H,1,9-11H2,2-4H3,(H,37,40)/t14-,15-,16+,18+,19-,20+,21+/m0/s1. The van der Waals surface area contributed by atoms with E-state index in [1.807, 2.05) is 0 Å². The number of amides is 1. The van der Waals surface area contributed by atoms with Crippen molar-refractivity contribution in [1.29, 1.82) is 0 Å². The Morgan fingerprint density at radius 1 is 1.14 bits per heavy atom. The first kappa shape index (κ1) is 42.8. The van der Waals surface area contributed by atoms with Gasteiger partial charge in [-0.1, -0.05) is 59.1 Å². The van der Waals surface area contributed by atoms with Crippen molar-refractivity contribution in [2.45, 2.75) is 85.4 Å². The fourth-order valence-electron chi connectivity index (χ4n) is 4.62. The molecule has 50 heavy (non-hydrogen) atoms. The maximum atomic E-state index is 13.9. The summed E-state index contributed by atoms with van der Waals surface area (Å²) in [6.45, 7) is 5.39. The Kier molecular flexibility index (Phi) is 13.8. The Labute approximate surface area is 297 Å². The van der Waals surface area contributed by atoms with Crippen LogP contribution in [0.4, 0.5) is 31.1 Å². The Hall–Kier alpha value is -1.63. The molecule has 2 aliphatic heterocycles. The van der Waals surface area contributed by atoms with Crippen LogP contribution in [0.25, 0.3) is 0 Å². The number of aliphatic hydroxyl groups excluding tert-OH is 2. The zero-order chi connectivity index (χ0) is 38.0. The molecule has 2 heterocycles. The second-order valence-electron chi connectivity index (χ2n) is 11.7. The minimum absolute atomic E-state index is 0.349. The van der Waals surface area contributed by atoms with Crippen molar-refractivity contribution in [3.05, 3.63) is 42.0 Å². The Bertz CT molecular complexity index is 1430. The van der Waals surface area contributed by atoms with E-state index in [9.17, 15) is 49.8 Å². The minimum atomic E-state index is -5.34. The van der Waals surface area contributed by atoms with E-state index in [0.29, 0.717) is 18.2 Å². The van der Waals surface area contributed by atoms with Gasteiger partial charge in [-0.2, -0.15) is 34.8 Å². The molecule has 3 rings (SSSR count). The highest BCUT2D eigenvalue weighted by Crippen LogP contribution is 2.37. The summed E-state index contributed by atoms with van der Waals surface area (Å²) in [7, 11) is -7.74. The normalized spacial score (nSPS) is 25.0. The van der Waals surface area contributed by atoms with Gasteiger partial charge in [0.15, 0.2) is 6.29 Å². The molecule has 1 amide bonds. The van der Waals surface area contributed by atoms with Crippen molar-refractivity contribution in [3.63, 3.8) is 0 Å². The number of carbonyl (C=O) groups is 1. The first-order chi connectivity index (χ1) is 22.7. The Balaban J connectivity index is 1.97. The number of carbonyl (C=O) groups excluding carboxylic acids is 1. The van der Waals surface area contributed by atoms with E-state index in [1.54, 1.807) is 20.8 Å². The molecule has 0 unspecified atom stereocenters. The topological polar surface area (TPSA) is 168 Å². The van der Waals surface area contributed by atoms with Gasteiger partial charge in [-0.3, -0.25) is 0 Å². The van der Waals surface area contributed by atoms with Gasteiger partial charge in [0.25, 0.3) is 0 Å². The van der Waals surface area contributed by atoms with Gasteiger partial charge in [0.1, 0.15) is 36.6 Å². The van der Waals surface area contributed by atoms with Crippen LogP contribution in [-0.4, -0.2) is 104 Å². The fraction of sp³-hybridized carbons (Fsp3) is 0.654. The molecule has 7 atom stereocenters. The van der Waals surface area contributed by atoms with Gasteiger partial charge < -0.3 is 39.0 Å². The summed E-state index contributed by atoms with van der Waals surface area (Å²) in [4.78, 5) is 12.3. The molecular formula is C26H31BCl3F6NO12S. The second kappa shape index (κ2) is 16.2. The van der Waals surface area contributed by atoms with Gasteiger partial charge in [0.2, 0.25) is 3.79 Å². The SMILES string of the molecule is C=C[C@H](O)[C@H](CO[C@@H]1O[C@@H]2COB(c3c(C(F)(F)F)cccc3C(F)(F)F)O[C@@H]2[C@H](OS(=O)(=O)OCC(Cl)(Cl)Cl)[C@H]1O)NC(=O)OC(C)(C)C. The predicted octanol–water partition coefficient (Wildman–Crippen LogP) is 3.39. The van der Waals surface area contributed by atoms with Gasteiger partial charge >= 0.3 is 36.0 Å². The average molecular weight is 813 g/mol. The second-order valence-corrected chi connectivity index (χ2v) is 15.5. The molecule has 0 radical (unpaired) electrons. The predicted molar refractivity (Wildman–Crippen MR) is 163 cm³/mol. The Morgan fingerprint density at radius 3 is 2.22 bits per heavy atom. The third-order valence-corrected chi connectivity index (χ3v) is 7.84. The van der Waals surface area contributed by atoms with Crippen LogP contribution in [0.5, 0.6) is 0 Å². The third kappa shape index (κ3) is 12.0.